The van der Waals surface area contributed by atoms with E-state index in [-0.39, 0.29) is 6.61 Å². The largest absolute Gasteiger partial charge is 0.393 e. The molecule has 2 rings (SSSR count). The lowest BCUT2D eigenvalue weighted by Crippen LogP contribution is -2.34. The maximum atomic E-state index is 9.67. The van der Waals surface area contributed by atoms with E-state index in [1.54, 1.807) is 0 Å². The van der Waals surface area contributed by atoms with Crippen molar-refractivity contribution in [3.63, 3.8) is 0 Å². The van der Waals surface area contributed by atoms with E-state index < -0.39 is 29.2 Å². The maximum Gasteiger partial charge on any atom is 0.162 e. The zero-order valence-electron chi connectivity index (χ0n) is 9.23. The lowest BCUT2D eigenvalue weighted by atomic mass is 10.0. The molecule has 4 atom stereocenters. The van der Waals surface area contributed by atoms with Gasteiger partial charge in [0, 0.05) is 11.8 Å². The minimum Gasteiger partial charge on any atom is -0.393 e. The summed E-state index contributed by atoms with van der Waals surface area (Å²) in [4.78, 5) is 0. The first-order valence-electron chi connectivity index (χ1n) is 5.12. The number of aliphatic hydroxyl groups excluding tert-OH is 2. The summed E-state index contributed by atoms with van der Waals surface area (Å²) in [7, 11) is 0. The second kappa shape index (κ2) is 2.93. The summed E-state index contributed by atoms with van der Waals surface area (Å²) in [5.41, 5.74) is -1.33. The molecule has 2 fully saturated rings. The highest BCUT2D eigenvalue weighted by Gasteiger charge is 2.80. The minimum atomic E-state index is -1.26. The molecule has 1 saturated heterocycles. The summed E-state index contributed by atoms with van der Waals surface area (Å²) in [6.07, 6.45) is -0.721. The molecule has 2 aliphatic rings. The molecule has 4 unspecified atom stereocenters. The average molecular weight is 218 g/mol. The van der Waals surface area contributed by atoms with Gasteiger partial charge in [0.2, 0.25) is 0 Å². The molecule has 5 heteroatoms. The number of aliphatic hydroxyl groups is 3. The Morgan fingerprint density at radius 1 is 1.53 bits per heavy atom. The highest BCUT2D eigenvalue weighted by atomic mass is 16.8. The van der Waals surface area contributed by atoms with Gasteiger partial charge in [-0.1, -0.05) is 6.92 Å². The summed E-state index contributed by atoms with van der Waals surface area (Å²) >= 11 is 0. The van der Waals surface area contributed by atoms with Crippen LogP contribution in [0.4, 0.5) is 0 Å². The van der Waals surface area contributed by atoms with E-state index in [9.17, 15) is 15.3 Å². The smallest absolute Gasteiger partial charge is 0.162 e. The molecular formula is C10H18O5. The van der Waals surface area contributed by atoms with Crippen molar-refractivity contribution in [3.8, 4) is 0 Å². The van der Waals surface area contributed by atoms with Crippen LogP contribution in [-0.4, -0.2) is 45.7 Å². The number of rotatable bonds is 3. The maximum absolute atomic E-state index is 9.67. The van der Waals surface area contributed by atoms with E-state index in [1.165, 1.54) is 13.8 Å². The highest BCUT2D eigenvalue weighted by molar-refractivity contribution is 5.27. The first-order chi connectivity index (χ1) is 6.75. The normalized spacial score (nSPS) is 49.2. The molecule has 3 N–H and O–H groups in total. The van der Waals surface area contributed by atoms with Crippen molar-refractivity contribution < 1.29 is 24.8 Å². The Morgan fingerprint density at radius 3 is 2.53 bits per heavy atom. The zero-order valence-corrected chi connectivity index (χ0v) is 9.23. The Hall–Kier alpha value is -0.200. The number of hydrogen-bond acceptors (Lipinski definition) is 5. The van der Waals surface area contributed by atoms with Crippen LogP contribution in [0.2, 0.25) is 0 Å². The van der Waals surface area contributed by atoms with Crippen LogP contribution in [0.3, 0.4) is 0 Å². The van der Waals surface area contributed by atoms with Crippen molar-refractivity contribution >= 4 is 0 Å². The van der Waals surface area contributed by atoms with E-state index in [1.807, 2.05) is 6.92 Å². The Kier molecular flexibility index (Phi) is 2.20. The van der Waals surface area contributed by atoms with Gasteiger partial charge in [-0.15, -0.1) is 0 Å². The lowest BCUT2D eigenvalue weighted by molar-refractivity contribution is -0.284. The standard InChI is InChI=1S/C10H18O5/c1-8(2,13)14-6-4-9(3)7(12)10(9,5-11)15-6/h6-7,11-13H,4-5H2,1-3H3. The molecule has 5 nitrogen and oxygen atoms in total. The topological polar surface area (TPSA) is 79.2 Å². The number of hydrogen-bond donors (Lipinski definition) is 3. The van der Waals surface area contributed by atoms with E-state index in [0.717, 1.165) is 0 Å². The third kappa shape index (κ3) is 1.42. The Balaban J connectivity index is 2.03. The van der Waals surface area contributed by atoms with Crippen molar-refractivity contribution in [2.45, 2.75) is 51.0 Å². The third-order valence-electron chi connectivity index (χ3n) is 3.52. The molecule has 1 aliphatic heterocycles. The van der Waals surface area contributed by atoms with Gasteiger partial charge >= 0.3 is 0 Å². The fraction of sp³-hybridized carbons (Fsp3) is 1.00. The van der Waals surface area contributed by atoms with Crippen LogP contribution in [0.1, 0.15) is 27.2 Å². The van der Waals surface area contributed by atoms with Crippen LogP contribution in [0.25, 0.3) is 0 Å². The lowest BCUT2D eigenvalue weighted by Gasteiger charge is -2.26. The summed E-state index contributed by atoms with van der Waals surface area (Å²) in [6, 6.07) is 0. The minimum absolute atomic E-state index is 0.226. The Morgan fingerprint density at radius 2 is 2.13 bits per heavy atom. The van der Waals surface area contributed by atoms with Crippen molar-refractivity contribution in [2.75, 3.05) is 6.61 Å². The molecule has 88 valence electrons. The Bertz CT molecular complexity index is 273. The predicted molar refractivity (Wildman–Crippen MR) is 50.8 cm³/mol. The van der Waals surface area contributed by atoms with E-state index in [2.05, 4.69) is 0 Å². The van der Waals surface area contributed by atoms with Crippen LogP contribution >= 0.6 is 0 Å². The van der Waals surface area contributed by atoms with Crippen molar-refractivity contribution in [1.29, 1.82) is 0 Å². The van der Waals surface area contributed by atoms with Crippen LogP contribution in [0.5, 0.6) is 0 Å². The van der Waals surface area contributed by atoms with Crippen LogP contribution in [0.15, 0.2) is 0 Å². The Labute approximate surface area is 88.6 Å². The van der Waals surface area contributed by atoms with Crippen LogP contribution in [-0.2, 0) is 9.47 Å². The summed E-state index contributed by atoms with van der Waals surface area (Å²) in [6.45, 7) is 4.66. The van der Waals surface area contributed by atoms with Crippen molar-refractivity contribution in [3.05, 3.63) is 0 Å². The molecule has 15 heavy (non-hydrogen) atoms. The van der Waals surface area contributed by atoms with Gasteiger partial charge < -0.3 is 24.8 Å². The van der Waals surface area contributed by atoms with Crippen molar-refractivity contribution in [2.24, 2.45) is 5.41 Å². The second-order valence-electron chi connectivity index (χ2n) is 5.18. The number of ether oxygens (including phenoxy) is 2. The quantitative estimate of drug-likeness (QED) is 0.561. The van der Waals surface area contributed by atoms with Gasteiger partial charge in [-0.3, -0.25) is 0 Å². The molecule has 0 spiro atoms. The predicted octanol–water partition coefficient (Wildman–Crippen LogP) is -0.410. The first-order valence-corrected chi connectivity index (χ1v) is 5.12. The van der Waals surface area contributed by atoms with Crippen LogP contribution < -0.4 is 0 Å². The van der Waals surface area contributed by atoms with Gasteiger partial charge in [0.05, 0.1) is 12.7 Å². The summed E-state index contributed by atoms with van der Waals surface area (Å²) in [5, 5.41) is 28.3. The molecule has 0 aromatic heterocycles. The first kappa shape index (κ1) is 11.3. The van der Waals surface area contributed by atoms with E-state index in [4.69, 9.17) is 9.47 Å². The molecule has 0 radical (unpaired) electrons. The van der Waals surface area contributed by atoms with Gasteiger partial charge in [-0.2, -0.15) is 0 Å². The summed E-state index contributed by atoms with van der Waals surface area (Å²) in [5.74, 6) is -1.26. The van der Waals surface area contributed by atoms with E-state index in [0.29, 0.717) is 6.42 Å². The molecule has 1 heterocycles. The summed E-state index contributed by atoms with van der Waals surface area (Å²) < 4.78 is 10.7. The zero-order chi connectivity index (χ0) is 11.5. The fourth-order valence-corrected chi connectivity index (χ4v) is 2.50. The van der Waals surface area contributed by atoms with E-state index >= 15 is 0 Å². The monoisotopic (exact) mass is 218 g/mol. The fourth-order valence-electron chi connectivity index (χ4n) is 2.50. The van der Waals surface area contributed by atoms with Crippen molar-refractivity contribution in [1.82, 2.24) is 0 Å². The third-order valence-corrected chi connectivity index (χ3v) is 3.52. The van der Waals surface area contributed by atoms with Crippen LogP contribution in [0, 0.1) is 5.41 Å². The molecule has 0 amide bonds. The van der Waals surface area contributed by atoms with Gasteiger partial charge in [-0.25, -0.2) is 0 Å². The highest BCUT2D eigenvalue weighted by Crippen LogP contribution is 2.66. The van der Waals surface area contributed by atoms with Gasteiger partial charge in [0.1, 0.15) is 5.60 Å². The molecule has 1 aliphatic carbocycles. The molecule has 0 bridgehead atoms. The second-order valence-corrected chi connectivity index (χ2v) is 5.18. The molecule has 0 aromatic carbocycles. The van der Waals surface area contributed by atoms with Gasteiger partial charge in [0.15, 0.2) is 12.1 Å². The average Bonchev–Trinajstić information content (AvgIpc) is 2.40. The molecule has 0 aromatic rings. The number of fused-ring (bicyclic) bond motifs is 1. The SMILES string of the molecule is CC(C)(O)OC1CC2(C)C(O)C2(CO)O1. The molecular weight excluding hydrogens is 200 g/mol. The van der Waals surface area contributed by atoms with Gasteiger partial charge in [-0.05, 0) is 13.8 Å². The molecule has 1 saturated carbocycles. The van der Waals surface area contributed by atoms with Gasteiger partial charge in [0.25, 0.3) is 0 Å².